The Morgan fingerprint density at radius 3 is 2.60 bits per heavy atom. The van der Waals surface area contributed by atoms with E-state index in [4.69, 9.17) is 26.6 Å². The molecule has 0 spiro atoms. The largest absolute Gasteiger partial charge is 0.383 e. The van der Waals surface area contributed by atoms with Gasteiger partial charge in [-0.15, -0.1) is 0 Å². The second-order valence-corrected chi connectivity index (χ2v) is 11.9. The highest BCUT2D eigenvalue weighted by Gasteiger charge is 2.33. The van der Waals surface area contributed by atoms with Gasteiger partial charge in [-0.3, -0.25) is 14.4 Å². The number of nitrogens with zero attached hydrogens (tertiary/aromatic N) is 4. The van der Waals surface area contributed by atoms with Crippen LogP contribution < -0.4 is 16.2 Å². The SMILES string of the molecule is COCCNCc1cc(C(=O)Nc2cc(-c3ccc(Cl)cc3C(=O)N3CC(C#N)C3)cc(C3CC3)n2)c(=O)n(C2CC2)c1. The maximum absolute atomic E-state index is 13.6. The van der Waals surface area contributed by atoms with Crippen molar-refractivity contribution in [3.8, 4) is 17.2 Å². The first-order valence-corrected chi connectivity index (χ1v) is 15.0. The molecule has 2 saturated carbocycles. The Morgan fingerprint density at radius 1 is 1.12 bits per heavy atom. The summed E-state index contributed by atoms with van der Waals surface area (Å²) in [5.41, 5.74) is 3.20. The number of pyridine rings is 2. The number of carbonyl (C=O) groups excluding carboxylic acids is 2. The molecule has 0 unspecified atom stereocenters. The van der Waals surface area contributed by atoms with Gasteiger partial charge in [0, 0.05) is 67.7 Å². The van der Waals surface area contributed by atoms with Gasteiger partial charge in [0.05, 0.1) is 18.6 Å². The van der Waals surface area contributed by atoms with Gasteiger partial charge < -0.3 is 24.8 Å². The molecule has 43 heavy (non-hydrogen) atoms. The standard InChI is InChI=1S/C32H33ClN6O4/c1-43-9-8-35-15-19-10-27(32(42)39(18-19)24-5-6-24)30(40)37-29-12-22(11-28(36-29)21-2-3-21)25-7-4-23(33)13-26(25)31(41)38-16-20(14-34)17-38/h4,7,10-13,18,20-21,24,35H,2-3,5-6,8-9,15-17H2,1H3,(H,36,37,40). The molecular weight excluding hydrogens is 568 g/mol. The zero-order chi connectivity index (χ0) is 30.1. The van der Waals surface area contributed by atoms with Crippen molar-refractivity contribution in [1.29, 1.82) is 5.26 Å². The Morgan fingerprint density at radius 2 is 1.91 bits per heavy atom. The van der Waals surface area contributed by atoms with Gasteiger partial charge in [0.15, 0.2) is 0 Å². The first kappa shape index (κ1) is 29.1. The normalized spacial score (nSPS) is 16.4. The third-order valence-electron chi connectivity index (χ3n) is 8.05. The minimum absolute atomic E-state index is 0.0605. The summed E-state index contributed by atoms with van der Waals surface area (Å²) < 4.78 is 6.77. The van der Waals surface area contributed by atoms with Crippen LogP contribution in [-0.2, 0) is 11.3 Å². The molecule has 2 amide bonds. The lowest BCUT2D eigenvalue weighted by atomic mass is 9.95. The van der Waals surface area contributed by atoms with Crippen molar-refractivity contribution in [2.24, 2.45) is 5.92 Å². The summed E-state index contributed by atoms with van der Waals surface area (Å²) in [5.74, 6) is -0.314. The Labute approximate surface area is 254 Å². The van der Waals surface area contributed by atoms with E-state index in [-0.39, 0.29) is 34.9 Å². The number of carbonyl (C=O) groups is 2. The van der Waals surface area contributed by atoms with Crippen molar-refractivity contribution < 1.29 is 14.3 Å². The first-order chi connectivity index (χ1) is 20.8. The summed E-state index contributed by atoms with van der Waals surface area (Å²) >= 11 is 6.31. The number of halogens is 1. The molecule has 0 bridgehead atoms. The molecule has 3 heterocycles. The predicted molar refractivity (Wildman–Crippen MR) is 162 cm³/mol. The Kier molecular flexibility index (Phi) is 8.30. The van der Waals surface area contributed by atoms with Crippen LogP contribution in [0.15, 0.2) is 47.4 Å². The molecule has 6 rings (SSSR count). The van der Waals surface area contributed by atoms with Crippen molar-refractivity contribution in [2.75, 3.05) is 38.7 Å². The molecule has 2 aliphatic carbocycles. The van der Waals surface area contributed by atoms with Gasteiger partial charge in [0.1, 0.15) is 11.4 Å². The number of anilines is 1. The summed E-state index contributed by atoms with van der Waals surface area (Å²) in [4.78, 5) is 46.7. The molecule has 3 aliphatic rings. The third kappa shape index (κ3) is 6.49. The molecule has 0 atom stereocenters. The van der Waals surface area contributed by atoms with E-state index in [1.807, 2.05) is 12.3 Å². The molecule has 222 valence electrons. The Balaban J connectivity index is 1.31. The van der Waals surface area contributed by atoms with Crippen LogP contribution in [0.1, 0.15) is 69.6 Å². The number of hydrogen-bond donors (Lipinski definition) is 2. The average molecular weight is 601 g/mol. The summed E-state index contributed by atoms with van der Waals surface area (Å²) in [7, 11) is 1.64. The van der Waals surface area contributed by atoms with Crippen LogP contribution >= 0.6 is 11.6 Å². The summed E-state index contributed by atoms with van der Waals surface area (Å²) in [6.45, 7) is 2.46. The van der Waals surface area contributed by atoms with Crippen molar-refractivity contribution in [3.63, 3.8) is 0 Å². The van der Waals surface area contributed by atoms with E-state index in [2.05, 4.69) is 16.7 Å². The number of nitrogens with one attached hydrogen (secondary N) is 2. The number of ether oxygens (including phenoxy) is 1. The maximum atomic E-state index is 13.6. The molecule has 0 radical (unpaired) electrons. The van der Waals surface area contributed by atoms with E-state index in [0.29, 0.717) is 54.8 Å². The van der Waals surface area contributed by atoms with Crippen LogP contribution in [0.2, 0.25) is 5.02 Å². The fourth-order valence-corrected chi connectivity index (χ4v) is 5.51. The average Bonchev–Trinajstić information content (AvgIpc) is 3.89. The number of methoxy groups -OCH3 is 1. The number of nitriles is 1. The molecule has 11 heteroatoms. The highest BCUT2D eigenvalue weighted by atomic mass is 35.5. The molecule has 1 aliphatic heterocycles. The van der Waals surface area contributed by atoms with Gasteiger partial charge in [-0.2, -0.15) is 5.26 Å². The molecule has 3 aromatic rings. The minimum Gasteiger partial charge on any atom is -0.383 e. The van der Waals surface area contributed by atoms with Crippen LogP contribution in [-0.4, -0.2) is 59.6 Å². The molecule has 1 saturated heterocycles. The van der Waals surface area contributed by atoms with Crippen molar-refractivity contribution in [1.82, 2.24) is 19.8 Å². The number of rotatable bonds is 11. The zero-order valence-corrected chi connectivity index (χ0v) is 24.7. The quantitative estimate of drug-likeness (QED) is 0.313. The summed E-state index contributed by atoms with van der Waals surface area (Å²) in [5, 5.41) is 15.7. The van der Waals surface area contributed by atoms with Crippen molar-refractivity contribution in [3.05, 3.63) is 80.4 Å². The lowest BCUT2D eigenvalue weighted by molar-refractivity contribution is 0.0578. The van der Waals surface area contributed by atoms with Crippen LogP contribution in [0.4, 0.5) is 5.82 Å². The lowest BCUT2D eigenvalue weighted by Gasteiger charge is -2.35. The van der Waals surface area contributed by atoms with Gasteiger partial charge in [-0.25, -0.2) is 4.98 Å². The monoisotopic (exact) mass is 600 g/mol. The van der Waals surface area contributed by atoms with E-state index in [1.165, 1.54) is 0 Å². The number of aromatic nitrogens is 2. The molecule has 3 fully saturated rings. The highest BCUT2D eigenvalue weighted by molar-refractivity contribution is 6.31. The second-order valence-electron chi connectivity index (χ2n) is 11.5. The number of likely N-dealkylation sites (tertiary alicyclic amines) is 1. The maximum Gasteiger partial charge on any atom is 0.263 e. The van der Waals surface area contributed by atoms with Crippen molar-refractivity contribution >= 4 is 29.2 Å². The van der Waals surface area contributed by atoms with E-state index in [9.17, 15) is 14.4 Å². The zero-order valence-electron chi connectivity index (χ0n) is 23.9. The van der Waals surface area contributed by atoms with Crippen molar-refractivity contribution in [2.45, 2.75) is 44.2 Å². The Hall–Kier alpha value is -4.04. The smallest absolute Gasteiger partial charge is 0.263 e. The van der Waals surface area contributed by atoms with Crippen LogP contribution in [0.3, 0.4) is 0 Å². The summed E-state index contributed by atoms with van der Waals surface area (Å²) in [6.07, 6.45) is 5.63. The molecule has 10 nitrogen and oxygen atoms in total. The molecular formula is C32H33ClN6O4. The number of benzene rings is 1. The number of hydrogen-bond acceptors (Lipinski definition) is 7. The van der Waals surface area contributed by atoms with E-state index in [1.54, 1.807) is 46.9 Å². The predicted octanol–water partition coefficient (Wildman–Crippen LogP) is 4.36. The topological polar surface area (TPSA) is 129 Å². The minimum atomic E-state index is -0.528. The van der Waals surface area contributed by atoms with Gasteiger partial charge in [-0.05, 0) is 72.7 Å². The van der Waals surface area contributed by atoms with Gasteiger partial charge in [0.25, 0.3) is 17.4 Å². The fraction of sp³-hybridized carbons (Fsp3) is 0.406. The lowest BCUT2D eigenvalue weighted by Crippen LogP contribution is -2.49. The van der Waals surface area contributed by atoms with E-state index in [0.717, 1.165) is 42.5 Å². The molecule has 2 N–H and O–H groups in total. The molecule has 2 aromatic heterocycles. The number of amides is 2. The first-order valence-electron chi connectivity index (χ1n) is 14.6. The third-order valence-corrected chi connectivity index (χ3v) is 8.29. The van der Waals surface area contributed by atoms with Crippen LogP contribution in [0, 0.1) is 17.2 Å². The van der Waals surface area contributed by atoms with Gasteiger partial charge >= 0.3 is 0 Å². The van der Waals surface area contributed by atoms with Gasteiger partial charge in [0.2, 0.25) is 0 Å². The fourth-order valence-electron chi connectivity index (χ4n) is 5.34. The van der Waals surface area contributed by atoms with Gasteiger partial charge in [-0.1, -0.05) is 17.7 Å². The van der Waals surface area contributed by atoms with Crippen LogP contribution in [0.25, 0.3) is 11.1 Å². The second kappa shape index (κ2) is 12.3. The van der Waals surface area contributed by atoms with E-state index < -0.39 is 5.91 Å². The summed E-state index contributed by atoms with van der Waals surface area (Å²) in [6, 6.07) is 12.8. The highest BCUT2D eigenvalue weighted by Crippen LogP contribution is 2.41. The van der Waals surface area contributed by atoms with Crippen LogP contribution in [0.5, 0.6) is 0 Å². The van der Waals surface area contributed by atoms with E-state index >= 15 is 0 Å². The Bertz CT molecular complexity index is 1670. The molecule has 1 aromatic carbocycles.